The molecule has 1 aromatic rings. The van der Waals surface area contributed by atoms with E-state index in [4.69, 9.17) is 11.6 Å². The molecule has 0 bridgehead atoms. The van der Waals surface area contributed by atoms with Crippen LogP contribution < -0.4 is 0 Å². The van der Waals surface area contributed by atoms with Crippen molar-refractivity contribution in [2.45, 2.75) is 11.6 Å². The SMILES string of the molecule is CSc1nc(Cl)c(F)c(C(F)F)n1. The van der Waals surface area contributed by atoms with Gasteiger partial charge in [0.05, 0.1) is 0 Å². The van der Waals surface area contributed by atoms with E-state index in [-0.39, 0.29) is 5.16 Å². The quantitative estimate of drug-likeness (QED) is 0.442. The van der Waals surface area contributed by atoms with E-state index in [0.29, 0.717) is 0 Å². The summed E-state index contributed by atoms with van der Waals surface area (Å²) in [6.45, 7) is 0. The fourth-order valence-corrected chi connectivity index (χ4v) is 1.25. The zero-order valence-electron chi connectivity index (χ0n) is 6.39. The average molecular weight is 229 g/mol. The number of hydrogen-bond acceptors (Lipinski definition) is 3. The molecule has 1 rings (SSSR count). The maximum Gasteiger partial charge on any atom is 0.283 e. The van der Waals surface area contributed by atoms with Crippen LogP contribution in [0.3, 0.4) is 0 Å². The highest BCUT2D eigenvalue weighted by Gasteiger charge is 2.20. The van der Waals surface area contributed by atoms with E-state index < -0.39 is 23.1 Å². The first-order valence-corrected chi connectivity index (χ1v) is 4.71. The van der Waals surface area contributed by atoms with Crippen molar-refractivity contribution in [3.63, 3.8) is 0 Å². The summed E-state index contributed by atoms with van der Waals surface area (Å²) in [5.41, 5.74) is -0.954. The lowest BCUT2D eigenvalue weighted by molar-refractivity contribution is 0.139. The van der Waals surface area contributed by atoms with Gasteiger partial charge >= 0.3 is 0 Å². The lowest BCUT2D eigenvalue weighted by atomic mass is 10.4. The van der Waals surface area contributed by atoms with Crippen molar-refractivity contribution in [2.75, 3.05) is 6.26 Å². The summed E-state index contributed by atoms with van der Waals surface area (Å²) in [6.07, 6.45) is -1.40. The lowest BCUT2D eigenvalue weighted by Gasteiger charge is -2.03. The summed E-state index contributed by atoms with van der Waals surface area (Å²) in [5, 5.41) is -0.545. The van der Waals surface area contributed by atoms with E-state index in [9.17, 15) is 13.2 Å². The molecular formula is C6H4ClF3N2S. The fourth-order valence-electron chi connectivity index (χ4n) is 0.652. The Balaban J connectivity index is 3.25. The molecule has 0 fully saturated rings. The fraction of sp³-hybridized carbons (Fsp3) is 0.333. The molecule has 0 unspecified atom stereocenters. The van der Waals surface area contributed by atoms with Crippen molar-refractivity contribution in [3.05, 3.63) is 16.7 Å². The van der Waals surface area contributed by atoms with Crippen LogP contribution in [0.25, 0.3) is 0 Å². The predicted octanol–water partition coefficient (Wildman–Crippen LogP) is 2.93. The van der Waals surface area contributed by atoms with Crippen LogP contribution in [0.1, 0.15) is 12.1 Å². The van der Waals surface area contributed by atoms with E-state index in [2.05, 4.69) is 9.97 Å². The Morgan fingerprint density at radius 2 is 2.00 bits per heavy atom. The number of thioether (sulfide) groups is 1. The second-order valence-electron chi connectivity index (χ2n) is 2.00. The van der Waals surface area contributed by atoms with Crippen LogP contribution in [-0.2, 0) is 0 Å². The molecule has 1 aromatic heterocycles. The molecular weight excluding hydrogens is 225 g/mol. The molecule has 0 N–H and O–H groups in total. The molecule has 0 aliphatic carbocycles. The molecule has 13 heavy (non-hydrogen) atoms. The van der Waals surface area contributed by atoms with Gasteiger partial charge in [0.15, 0.2) is 16.1 Å². The minimum atomic E-state index is -2.98. The Hall–Kier alpha value is -0.490. The zero-order chi connectivity index (χ0) is 10.0. The van der Waals surface area contributed by atoms with Gasteiger partial charge in [-0.05, 0) is 6.26 Å². The molecule has 0 atom stereocenters. The minimum Gasteiger partial charge on any atom is -0.218 e. The molecule has 0 aliphatic heterocycles. The first kappa shape index (κ1) is 10.6. The van der Waals surface area contributed by atoms with Gasteiger partial charge in [-0.1, -0.05) is 23.4 Å². The average Bonchev–Trinajstić information content (AvgIpc) is 2.09. The molecule has 0 saturated carbocycles. The highest BCUT2D eigenvalue weighted by Crippen LogP contribution is 2.25. The second kappa shape index (κ2) is 4.15. The maximum absolute atomic E-state index is 12.8. The molecule has 0 radical (unpaired) electrons. The van der Waals surface area contributed by atoms with Crippen LogP contribution in [0.15, 0.2) is 5.16 Å². The highest BCUT2D eigenvalue weighted by molar-refractivity contribution is 7.98. The van der Waals surface area contributed by atoms with Crippen LogP contribution >= 0.6 is 23.4 Å². The smallest absolute Gasteiger partial charge is 0.218 e. The molecule has 7 heteroatoms. The number of hydrogen-bond donors (Lipinski definition) is 0. The van der Waals surface area contributed by atoms with Gasteiger partial charge in [-0.15, -0.1) is 0 Å². The summed E-state index contributed by atoms with van der Waals surface area (Å²) in [7, 11) is 0. The van der Waals surface area contributed by atoms with Gasteiger partial charge in [-0.3, -0.25) is 0 Å². The van der Waals surface area contributed by atoms with Gasteiger partial charge in [-0.25, -0.2) is 23.1 Å². The number of nitrogens with zero attached hydrogens (tertiary/aromatic N) is 2. The van der Waals surface area contributed by atoms with Crippen LogP contribution in [-0.4, -0.2) is 16.2 Å². The van der Waals surface area contributed by atoms with E-state index in [0.717, 1.165) is 11.8 Å². The Labute approximate surface area is 81.5 Å². The number of alkyl halides is 2. The third kappa shape index (κ3) is 2.25. The molecule has 1 heterocycles. The van der Waals surface area contributed by atoms with E-state index in [1.165, 1.54) is 0 Å². The standard InChI is InChI=1S/C6H4ClF3N2S/c1-13-6-11-3(5(9)10)2(8)4(7)12-6/h5H,1H3. The topological polar surface area (TPSA) is 25.8 Å². The molecule has 0 aromatic carbocycles. The molecule has 0 amide bonds. The molecule has 0 spiro atoms. The maximum atomic E-state index is 12.8. The van der Waals surface area contributed by atoms with Crippen LogP contribution in [0, 0.1) is 5.82 Å². The Bertz CT molecular complexity index is 321. The van der Waals surface area contributed by atoms with Crippen LogP contribution in [0.4, 0.5) is 13.2 Å². The molecule has 2 nitrogen and oxygen atoms in total. The van der Waals surface area contributed by atoms with Crippen molar-refractivity contribution in [3.8, 4) is 0 Å². The van der Waals surface area contributed by atoms with Gasteiger partial charge in [-0.2, -0.15) is 0 Å². The van der Waals surface area contributed by atoms with Gasteiger partial charge in [0.1, 0.15) is 5.69 Å². The largest absolute Gasteiger partial charge is 0.283 e. The van der Waals surface area contributed by atoms with Crippen LogP contribution in [0.5, 0.6) is 0 Å². The second-order valence-corrected chi connectivity index (χ2v) is 3.13. The van der Waals surface area contributed by atoms with Gasteiger partial charge < -0.3 is 0 Å². The zero-order valence-corrected chi connectivity index (χ0v) is 7.96. The molecule has 0 saturated heterocycles. The number of rotatable bonds is 2. The first-order valence-electron chi connectivity index (χ1n) is 3.11. The van der Waals surface area contributed by atoms with Gasteiger partial charge in [0.25, 0.3) is 6.43 Å². The Morgan fingerprint density at radius 3 is 2.46 bits per heavy atom. The van der Waals surface area contributed by atoms with Crippen molar-refractivity contribution >= 4 is 23.4 Å². The predicted molar refractivity (Wildman–Crippen MR) is 43.7 cm³/mol. The minimum absolute atomic E-state index is 0.0294. The van der Waals surface area contributed by atoms with Crippen molar-refractivity contribution in [1.82, 2.24) is 9.97 Å². The highest BCUT2D eigenvalue weighted by atomic mass is 35.5. The lowest BCUT2D eigenvalue weighted by Crippen LogP contribution is -2.00. The van der Waals surface area contributed by atoms with Crippen molar-refractivity contribution in [1.29, 1.82) is 0 Å². The van der Waals surface area contributed by atoms with Crippen LogP contribution in [0.2, 0.25) is 5.15 Å². The Kier molecular flexibility index (Phi) is 3.38. The number of aromatic nitrogens is 2. The first-order chi connectivity index (χ1) is 6.06. The number of halogens is 4. The summed E-state index contributed by atoms with van der Waals surface area (Å²) >= 11 is 6.29. The van der Waals surface area contributed by atoms with E-state index >= 15 is 0 Å². The molecule has 0 aliphatic rings. The normalized spacial score (nSPS) is 10.9. The Morgan fingerprint density at radius 1 is 1.38 bits per heavy atom. The molecule has 72 valence electrons. The monoisotopic (exact) mass is 228 g/mol. The third-order valence-corrected chi connectivity index (χ3v) is 2.00. The summed E-state index contributed by atoms with van der Waals surface area (Å²) in [5.74, 6) is -1.26. The van der Waals surface area contributed by atoms with Crippen molar-refractivity contribution in [2.24, 2.45) is 0 Å². The summed E-state index contributed by atoms with van der Waals surface area (Å²) in [6, 6.07) is 0. The summed E-state index contributed by atoms with van der Waals surface area (Å²) in [4.78, 5) is 6.74. The van der Waals surface area contributed by atoms with E-state index in [1.807, 2.05) is 0 Å². The summed E-state index contributed by atoms with van der Waals surface area (Å²) < 4.78 is 37.1. The van der Waals surface area contributed by atoms with Gasteiger partial charge in [0.2, 0.25) is 0 Å². The van der Waals surface area contributed by atoms with E-state index in [1.54, 1.807) is 6.26 Å². The third-order valence-electron chi connectivity index (χ3n) is 1.21. The van der Waals surface area contributed by atoms with Crippen molar-refractivity contribution < 1.29 is 13.2 Å². The van der Waals surface area contributed by atoms with Gasteiger partial charge in [0, 0.05) is 0 Å².